The molecule has 140 valence electrons. The molecule has 0 radical (unpaired) electrons. The molecule has 0 saturated heterocycles. The van der Waals surface area contributed by atoms with Gasteiger partial charge in [0.15, 0.2) is 0 Å². The summed E-state index contributed by atoms with van der Waals surface area (Å²) in [6, 6.07) is 15.0. The van der Waals surface area contributed by atoms with Crippen molar-refractivity contribution in [1.82, 2.24) is 20.0 Å². The molecule has 6 nitrogen and oxygen atoms in total. The van der Waals surface area contributed by atoms with Crippen LogP contribution in [0.1, 0.15) is 21.7 Å². The monoisotopic (exact) mass is 392 g/mol. The molecular weight excluding hydrogens is 376 g/mol. The van der Waals surface area contributed by atoms with Crippen LogP contribution in [-0.4, -0.2) is 20.6 Å². The molecule has 0 aliphatic carbocycles. The Morgan fingerprint density at radius 3 is 2.75 bits per heavy atom. The van der Waals surface area contributed by atoms with E-state index < -0.39 is 0 Å². The molecule has 0 atom stereocenters. The zero-order chi connectivity index (χ0) is 19.5. The SMILES string of the molecule is Cc1onc(-c2ccccc2Cl)c1C(=O)NCc1ccccc1-n1ccnc1. The van der Waals surface area contributed by atoms with Crippen molar-refractivity contribution >= 4 is 17.5 Å². The standard InChI is InChI=1S/C21H17ClN4O2/c1-14-19(20(25-28-14)16-7-3-4-8-17(16)22)21(27)24-12-15-6-2-5-9-18(15)26-11-10-23-13-26/h2-11,13H,12H2,1H3,(H,24,27). The first kappa shape index (κ1) is 18.0. The molecule has 0 fully saturated rings. The van der Waals surface area contributed by atoms with Crippen molar-refractivity contribution < 1.29 is 9.32 Å². The fraction of sp³-hybridized carbons (Fsp3) is 0.0952. The second kappa shape index (κ2) is 7.70. The highest BCUT2D eigenvalue weighted by Crippen LogP contribution is 2.31. The highest BCUT2D eigenvalue weighted by atomic mass is 35.5. The normalized spacial score (nSPS) is 10.8. The number of carbonyl (C=O) groups is 1. The maximum atomic E-state index is 12.9. The fourth-order valence-corrected chi connectivity index (χ4v) is 3.28. The smallest absolute Gasteiger partial charge is 0.257 e. The highest BCUT2D eigenvalue weighted by Gasteiger charge is 2.23. The van der Waals surface area contributed by atoms with Crippen LogP contribution in [0.4, 0.5) is 0 Å². The number of hydrogen-bond donors (Lipinski definition) is 1. The van der Waals surface area contributed by atoms with E-state index in [0.29, 0.717) is 34.1 Å². The third-order valence-electron chi connectivity index (χ3n) is 4.43. The van der Waals surface area contributed by atoms with E-state index in [1.807, 2.05) is 53.2 Å². The summed E-state index contributed by atoms with van der Waals surface area (Å²) in [5.74, 6) is 0.171. The summed E-state index contributed by atoms with van der Waals surface area (Å²) >= 11 is 6.27. The number of rotatable bonds is 5. The first-order valence-corrected chi connectivity index (χ1v) is 9.08. The van der Waals surface area contributed by atoms with Gasteiger partial charge in [0.1, 0.15) is 17.0 Å². The number of para-hydroxylation sites is 1. The quantitative estimate of drug-likeness (QED) is 0.545. The molecular formula is C21H17ClN4O2. The van der Waals surface area contributed by atoms with Crippen LogP contribution in [0.5, 0.6) is 0 Å². The third kappa shape index (κ3) is 3.42. The van der Waals surface area contributed by atoms with Crippen LogP contribution in [0.3, 0.4) is 0 Å². The third-order valence-corrected chi connectivity index (χ3v) is 4.76. The molecule has 0 unspecified atom stereocenters. The van der Waals surface area contributed by atoms with Crippen LogP contribution < -0.4 is 5.32 Å². The van der Waals surface area contributed by atoms with E-state index in [9.17, 15) is 4.79 Å². The van der Waals surface area contributed by atoms with Crippen LogP contribution in [0.2, 0.25) is 5.02 Å². The number of nitrogens with zero attached hydrogens (tertiary/aromatic N) is 3. The molecule has 2 aromatic heterocycles. The predicted molar refractivity (Wildman–Crippen MR) is 106 cm³/mol. The summed E-state index contributed by atoms with van der Waals surface area (Å²) in [4.78, 5) is 17.0. The molecule has 0 aliphatic heterocycles. The highest BCUT2D eigenvalue weighted by molar-refractivity contribution is 6.33. The molecule has 7 heteroatoms. The van der Waals surface area contributed by atoms with Crippen molar-refractivity contribution in [2.45, 2.75) is 13.5 Å². The Morgan fingerprint density at radius 2 is 1.96 bits per heavy atom. The van der Waals surface area contributed by atoms with Crippen LogP contribution >= 0.6 is 11.6 Å². The number of carbonyl (C=O) groups excluding carboxylic acids is 1. The van der Waals surface area contributed by atoms with E-state index in [1.165, 1.54) is 0 Å². The fourth-order valence-electron chi connectivity index (χ4n) is 3.05. The van der Waals surface area contributed by atoms with Gasteiger partial charge in [-0.1, -0.05) is 53.2 Å². The Morgan fingerprint density at radius 1 is 1.18 bits per heavy atom. The summed E-state index contributed by atoms with van der Waals surface area (Å²) in [6.07, 6.45) is 5.30. The average Bonchev–Trinajstić information content (AvgIpc) is 3.37. The van der Waals surface area contributed by atoms with E-state index in [4.69, 9.17) is 16.1 Å². The summed E-state index contributed by atoms with van der Waals surface area (Å²) in [5, 5.41) is 7.52. The summed E-state index contributed by atoms with van der Waals surface area (Å²) in [7, 11) is 0. The largest absolute Gasteiger partial charge is 0.360 e. The number of halogens is 1. The number of aromatic nitrogens is 3. The van der Waals surface area contributed by atoms with Gasteiger partial charge in [-0.3, -0.25) is 4.79 Å². The van der Waals surface area contributed by atoms with E-state index in [-0.39, 0.29) is 5.91 Å². The van der Waals surface area contributed by atoms with E-state index >= 15 is 0 Å². The van der Waals surface area contributed by atoms with Crippen molar-refractivity contribution in [1.29, 1.82) is 0 Å². The van der Waals surface area contributed by atoms with E-state index in [0.717, 1.165) is 11.3 Å². The Bertz CT molecular complexity index is 1120. The van der Waals surface area contributed by atoms with Gasteiger partial charge in [-0.25, -0.2) is 4.98 Å². The Kier molecular flexibility index (Phi) is 4.95. The van der Waals surface area contributed by atoms with Gasteiger partial charge >= 0.3 is 0 Å². The number of benzene rings is 2. The van der Waals surface area contributed by atoms with Gasteiger partial charge in [0.2, 0.25) is 0 Å². The van der Waals surface area contributed by atoms with Crippen molar-refractivity contribution in [2.75, 3.05) is 0 Å². The maximum absolute atomic E-state index is 12.9. The van der Waals surface area contributed by atoms with Gasteiger partial charge in [-0.2, -0.15) is 0 Å². The topological polar surface area (TPSA) is 73.0 Å². The zero-order valence-electron chi connectivity index (χ0n) is 15.1. The molecule has 1 amide bonds. The Labute approximate surface area is 166 Å². The minimum Gasteiger partial charge on any atom is -0.360 e. The summed E-state index contributed by atoms with van der Waals surface area (Å²) in [5.41, 5.74) is 3.39. The number of aryl methyl sites for hydroxylation is 1. The summed E-state index contributed by atoms with van der Waals surface area (Å²) < 4.78 is 7.18. The lowest BCUT2D eigenvalue weighted by molar-refractivity contribution is 0.0950. The van der Waals surface area contributed by atoms with Gasteiger partial charge in [0.05, 0.1) is 17.0 Å². The molecule has 0 saturated carbocycles. The molecule has 0 aliphatic rings. The molecule has 4 aromatic rings. The second-order valence-electron chi connectivity index (χ2n) is 6.22. The van der Waals surface area contributed by atoms with Crippen LogP contribution in [-0.2, 0) is 6.54 Å². The minimum atomic E-state index is -0.269. The number of hydrogen-bond acceptors (Lipinski definition) is 4. The van der Waals surface area contributed by atoms with Crippen LogP contribution in [0.25, 0.3) is 16.9 Å². The molecule has 2 aromatic carbocycles. The van der Waals surface area contributed by atoms with Gasteiger partial charge in [-0.15, -0.1) is 0 Å². The average molecular weight is 393 g/mol. The zero-order valence-corrected chi connectivity index (χ0v) is 15.8. The molecule has 1 N–H and O–H groups in total. The maximum Gasteiger partial charge on any atom is 0.257 e. The second-order valence-corrected chi connectivity index (χ2v) is 6.63. The number of nitrogens with one attached hydrogen (secondary N) is 1. The predicted octanol–water partition coefficient (Wildman–Crippen LogP) is 4.42. The molecule has 0 spiro atoms. The molecule has 2 heterocycles. The van der Waals surface area contributed by atoms with E-state index in [2.05, 4.69) is 15.5 Å². The molecule has 4 rings (SSSR count). The Balaban J connectivity index is 1.60. The molecule has 28 heavy (non-hydrogen) atoms. The first-order chi connectivity index (χ1) is 13.6. The Hall–Kier alpha value is -3.38. The summed E-state index contributed by atoms with van der Waals surface area (Å²) in [6.45, 7) is 2.06. The van der Waals surface area contributed by atoms with Gasteiger partial charge in [0, 0.05) is 24.5 Å². The van der Waals surface area contributed by atoms with Gasteiger partial charge in [0.25, 0.3) is 5.91 Å². The lowest BCUT2D eigenvalue weighted by atomic mass is 10.1. The minimum absolute atomic E-state index is 0.269. The van der Waals surface area contributed by atoms with Crippen molar-refractivity contribution in [3.8, 4) is 16.9 Å². The number of amides is 1. The number of imidazole rings is 1. The molecule has 0 bridgehead atoms. The van der Waals surface area contributed by atoms with Crippen LogP contribution in [0.15, 0.2) is 71.8 Å². The van der Waals surface area contributed by atoms with Crippen molar-refractivity contribution in [2.24, 2.45) is 0 Å². The lowest BCUT2D eigenvalue weighted by Crippen LogP contribution is -2.24. The first-order valence-electron chi connectivity index (χ1n) is 8.70. The lowest BCUT2D eigenvalue weighted by Gasteiger charge is -2.11. The van der Waals surface area contributed by atoms with Crippen molar-refractivity contribution in [3.05, 3.63) is 89.2 Å². The van der Waals surface area contributed by atoms with Gasteiger partial charge in [-0.05, 0) is 24.6 Å². The van der Waals surface area contributed by atoms with E-state index in [1.54, 1.807) is 25.5 Å². The van der Waals surface area contributed by atoms with Crippen LogP contribution in [0, 0.1) is 6.92 Å². The van der Waals surface area contributed by atoms with Crippen molar-refractivity contribution in [3.63, 3.8) is 0 Å². The van der Waals surface area contributed by atoms with Gasteiger partial charge < -0.3 is 14.4 Å².